The SMILES string of the molecule is CC1OC(OC2C(C)OC(OC(C(O)CO)C(O)C(O)C=O)C(O)C2O)C(O)C(O)C1NC1C=C(CO)C(O)C(O)C1O. The van der Waals surface area contributed by atoms with Crippen molar-refractivity contribution >= 4 is 6.29 Å². The fourth-order valence-electron chi connectivity index (χ4n) is 5.33. The Balaban J connectivity index is 1.67. The minimum atomic E-state index is -2.04. The average Bonchev–Trinajstić information content (AvgIpc) is 2.99. The first-order valence-corrected chi connectivity index (χ1v) is 13.7. The number of aliphatic hydroxyl groups is 12. The van der Waals surface area contributed by atoms with E-state index in [2.05, 4.69) is 5.32 Å². The number of nitrogens with one attached hydrogen (secondary N) is 1. The van der Waals surface area contributed by atoms with Crippen LogP contribution in [0.15, 0.2) is 11.6 Å². The third-order valence-electron chi connectivity index (χ3n) is 7.99. The molecular weight excluding hydrogens is 586 g/mol. The van der Waals surface area contributed by atoms with Gasteiger partial charge in [-0.25, -0.2) is 0 Å². The number of ether oxygens (including phenoxy) is 4. The highest BCUT2D eigenvalue weighted by atomic mass is 16.7. The van der Waals surface area contributed by atoms with E-state index in [0.29, 0.717) is 0 Å². The quantitative estimate of drug-likeness (QED) is 0.0704. The molecule has 1 aliphatic carbocycles. The van der Waals surface area contributed by atoms with E-state index in [4.69, 9.17) is 18.9 Å². The molecule has 2 aliphatic heterocycles. The van der Waals surface area contributed by atoms with Crippen molar-refractivity contribution in [1.82, 2.24) is 5.32 Å². The first kappa shape index (κ1) is 36.2. The van der Waals surface area contributed by atoms with E-state index in [0.717, 1.165) is 0 Å². The maximum absolute atomic E-state index is 10.9. The Morgan fingerprint density at radius 1 is 0.860 bits per heavy atom. The van der Waals surface area contributed by atoms with Gasteiger partial charge in [-0.2, -0.15) is 0 Å². The van der Waals surface area contributed by atoms with Crippen LogP contribution in [0.3, 0.4) is 0 Å². The summed E-state index contributed by atoms with van der Waals surface area (Å²) in [4.78, 5) is 10.9. The first-order valence-electron chi connectivity index (χ1n) is 13.7. The lowest BCUT2D eigenvalue weighted by atomic mass is 9.86. The predicted octanol–water partition coefficient (Wildman–Crippen LogP) is -7.69. The van der Waals surface area contributed by atoms with Crippen molar-refractivity contribution in [2.24, 2.45) is 0 Å². The Morgan fingerprint density at radius 2 is 1.47 bits per heavy atom. The molecule has 43 heavy (non-hydrogen) atoms. The Labute approximate surface area is 245 Å². The van der Waals surface area contributed by atoms with E-state index in [9.17, 15) is 66.1 Å². The van der Waals surface area contributed by atoms with Crippen LogP contribution in [0.5, 0.6) is 0 Å². The van der Waals surface area contributed by atoms with Gasteiger partial charge in [-0.1, -0.05) is 6.08 Å². The van der Waals surface area contributed by atoms with Gasteiger partial charge < -0.3 is 90.3 Å². The molecule has 2 saturated heterocycles. The fourth-order valence-corrected chi connectivity index (χ4v) is 5.33. The Hall–Kier alpha value is -1.27. The van der Waals surface area contributed by atoms with E-state index < -0.39 is 123 Å². The molecule has 2 fully saturated rings. The molecule has 18 nitrogen and oxygen atoms in total. The molecule has 0 saturated carbocycles. The number of hydrogen-bond acceptors (Lipinski definition) is 18. The fraction of sp³-hybridized carbons (Fsp3) is 0.880. The molecule has 2 heterocycles. The van der Waals surface area contributed by atoms with Crippen molar-refractivity contribution < 1.29 is 85.0 Å². The third kappa shape index (κ3) is 7.76. The standard InChI is InChI=1S/C25H43NO17/c1-7-13(26-10-3-9(4-27)14(32)18(36)15(10)33)17(35)20(38)24(40-7)42-22-8(2)41-25(21(39)19(22)37)43-23(12(31)6-29)16(34)11(30)5-28/h3,5,7-8,10-27,29-39H,4,6H2,1-2H3. The summed E-state index contributed by atoms with van der Waals surface area (Å²) < 4.78 is 22.3. The second-order valence-corrected chi connectivity index (χ2v) is 11.0. The second kappa shape index (κ2) is 15.3. The number of carbonyl (C=O) groups excluding carboxylic acids is 1. The monoisotopic (exact) mass is 629 g/mol. The lowest BCUT2D eigenvalue weighted by Gasteiger charge is -2.48. The van der Waals surface area contributed by atoms with Crippen LogP contribution in [0, 0.1) is 0 Å². The van der Waals surface area contributed by atoms with Gasteiger partial charge in [0.2, 0.25) is 0 Å². The highest BCUT2D eigenvalue weighted by molar-refractivity contribution is 5.56. The molecular formula is C25H43NO17. The largest absolute Gasteiger partial charge is 0.394 e. The normalized spacial score (nSPS) is 45.1. The van der Waals surface area contributed by atoms with Crippen LogP contribution in [-0.4, -0.2) is 191 Å². The molecule has 0 aromatic rings. The molecule has 3 aliphatic rings. The van der Waals surface area contributed by atoms with Crippen LogP contribution in [0.4, 0.5) is 0 Å². The first-order chi connectivity index (χ1) is 20.2. The van der Waals surface area contributed by atoms with E-state index in [1.165, 1.54) is 19.9 Å². The van der Waals surface area contributed by atoms with Crippen LogP contribution >= 0.6 is 0 Å². The van der Waals surface area contributed by atoms with Crippen molar-refractivity contribution in [2.75, 3.05) is 13.2 Å². The molecule has 0 aromatic heterocycles. The topological polar surface area (TPSA) is 309 Å². The third-order valence-corrected chi connectivity index (χ3v) is 7.99. The highest BCUT2D eigenvalue weighted by Crippen LogP contribution is 2.31. The zero-order valence-electron chi connectivity index (χ0n) is 23.4. The molecule has 0 spiro atoms. The van der Waals surface area contributed by atoms with Gasteiger partial charge >= 0.3 is 0 Å². The lowest BCUT2D eigenvalue weighted by Crippen LogP contribution is -2.68. The van der Waals surface area contributed by atoms with Crippen LogP contribution in [0.2, 0.25) is 0 Å². The maximum atomic E-state index is 10.9. The Morgan fingerprint density at radius 3 is 2.05 bits per heavy atom. The van der Waals surface area contributed by atoms with E-state index in [1.807, 2.05) is 0 Å². The molecule has 18 unspecified atom stereocenters. The molecule has 0 amide bonds. The molecule has 18 atom stereocenters. The maximum Gasteiger partial charge on any atom is 0.187 e. The number of hydrogen-bond donors (Lipinski definition) is 13. The van der Waals surface area contributed by atoms with Crippen molar-refractivity contribution in [1.29, 1.82) is 0 Å². The van der Waals surface area contributed by atoms with Gasteiger partial charge in [0.1, 0.15) is 73.2 Å². The average molecular weight is 630 g/mol. The van der Waals surface area contributed by atoms with Gasteiger partial charge in [0.25, 0.3) is 0 Å². The van der Waals surface area contributed by atoms with E-state index in [1.54, 1.807) is 0 Å². The van der Waals surface area contributed by atoms with Gasteiger partial charge in [-0.05, 0) is 19.4 Å². The summed E-state index contributed by atoms with van der Waals surface area (Å²) in [7, 11) is 0. The van der Waals surface area contributed by atoms with Crippen LogP contribution in [0.25, 0.3) is 0 Å². The Bertz CT molecular complexity index is 928. The zero-order valence-corrected chi connectivity index (χ0v) is 23.4. The summed E-state index contributed by atoms with van der Waals surface area (Å²) in [5.74, 6) is 0. The van der Waals surface area contributed by atoms with E-state index >= 15 is 0 Å². The van der Waals surface area contributed by atoms with Crippen molar-refractivity contribution in [3.63, 3.8) is 0 Å². The highest BCUT2D eigenvalue weighted by Gasteiger charge is 2.51. The number of carbonyl (C=O) groups is 1. The molecule has 18 heteroatoms. The van der Waals surface area contributed by atoms with Crippen LogP contribution in [0.1, 0.15) is 13.8 Å². The summed E-state index contributed by atoms with van der Waals surface area (Å²) >= 11 is 0. The van der Waals surface area contributed by atoms with Gasteiger partial charge in [0.15, 0.2) is 18.9 Å². The van der Waals surface area contributed by atoms with Crippen LogP contribution < -0.4 is 5.32 Å². The minimum Gasteiger partial charge on any atom is -0.394 e. The van der Waals surface area contributed by atoms with E-state index in [-0.39, 0.29) is 11.9 Å². The summed E-state index contributed by atoms with van der Waals surface area (Å²) in [6.45, 7) is 1.29. The lowest BCUT2D eigenvalue weighted by molar-refractivity contribution is -0.356. The minimum absolute atomic E-state index is 0.0312. The summed E-state index contributed by atoms with van der Waals surface area (Å²) in [5, 5.41) is 125. The van der Waals surface area contributed by atoms with Gasteiger partial charge in [0.05, 0.1) is 37.5 Å². The Kier molecular flexibility index (Phi) is 12.9. The molecule has 13 N–H and O–H groups in total. The molecule has 0 bridgehead atoms. The van der Waals surface area contributed by atoms with Crippen LogP contribution in [-0.2, 0) is 23.7 Å². The van der Waals surface area contributed by atoms with Crippen molar-refractivity contribution in [3.8, 4) is 0 Å². The molecule has 250 valence electrons. The predicted molar refractivity (Wildman–Crippen MR) is 138 cm³/mol. The zero-order chi connectivity index (χ0) is 32.3. The van der Waals surface area contributed by atoms with Gasteiger partial charge in [0, 0.05) is 0 Å². The second-order valence-electron chi connectivity index (χ2n) is 11.0. The molecule has 0 aromatic carbocycles. The number of rotatable bonds is 12. The number of aldehydes is 1. The number of aliphatic hydroxyl groups excluding tert-OH is 12. The smallest absolute Gasteiger partial charge is 0.187 e. The summed E-state index contributed by atoms with van der Waals surface area (Å²) in [6.07, 6.45) is -25.1. The van der Waals surface area contributed by atoms with Crippen molar-refractivity contribution in [2.45, 2.75) is 124 Å². The summed E-state index contributed by atoms with van der Waals surface area (Å²) in [6, 6.07) is -2.12. The molecule has 3 rings (SSSR count). The van der Waals surface area contributed by atoms with Crippen molar-refractivity contribution in [3.05, 3.63) is 11.6 Å². The van der Waals surface area contributed by atoms with Gasteiger partial charge in [-0.15, -0.1) is 0 Å². The van der Waals surface area contributed by atoms with Gasteiger partial charge in [-0.3, -0.25) is 0 Å². The molecule has 0 radical (unpaired) electrons. The summed E-state index contributed by atoms with van der Waals surface area (Å²) in [5.41, 5.74) is 0.0312.